The number of hydrogen-bond donors (Lipinski definition) is 0. The van der Waals surface area contributed by atoms with Gasteiger partial charge in [0.1, 0.15) is 6.54 Å². The third-order valence-electron chi connectivity index (χ3n) is 2.62. The van der Waals surface area contributed by atoms with Gasteiger partial charge in [0, 0.05) is 16.6 Å². The van der Waals surface area contributed by atoms with Crippen LogP contribution >= 0.6 is 15.9 Å². The molecular formula is C13H16BrNO3. The smallest absolute Gasteiger partial charge is 0.325 e. The topological polar surface area (TPSA) is 46.6 Å². The molecule has 98 valence electrons. The summed E-state index contributed by atoms with van der Waals surface area (Å²) in [4.78, 5) is 24.9. The zero-order valence-electron chi connectivity index (χ0n) is 10.7. The third kappa shape index (κ3) is 3.57. The van der Waals surface area contributed by atoms with Crippen LogP contribution in [0.4, 0.5) is 0 Å². The Morgan fingerprint density at radius 2 is 2.06 bits per heavy atom. The van der Waals surface area contributed by atoms with Crippen molar-refractivity contribution in [1.29, 1.82) is 0 Å². The van der Waals surface area contributed by atoms with Crippen molar-refractivity contribution in [2.75, 3.05) is 20.2 Å². The second-order valence-electron chi connectivity index (χ2n) is 3.86. The van der Waals surface area contributed by atoms with Gasteiger partial charge in [0.2, 0.25) is 0 Å². The van der Waals surface area contributed by atoms with Crippen LogP contribution in [0.1, 0.15) is 22.8 Å². The molecule has 0 saturated carbocycles. The number of carbonyl (C=O) groups is 2. The Morgan fingerprint density at radius 3 is 2.56 bits per heavy atom. The summed E-state index contributed by atoms with van der Waals surface area (Å²) in [6, 6.07) is 5.36. The first-order valence-electron chi connectivity index (χ1n) is 5.61. The normalized spacial score (nSPS) is 10.0. The monoisotopic (exact) mass is 313 g/mol. The number of esters is 1. The van der Waals surface area contributed by atoms with Crippen LogP contribution in [-0.4, -0.2) is 37.0 Å². The van der Waals surface area contributed by atoms with Crippen molar-refractivity contribution in [2.24, 2.45) is 0 Å². The molecule has 18 heavy (non-hydrogen) atoms. The molecule has 5 heteroatoms. The number of rotatable bonds is 4. The Hall–Kier alpha value is -1.36. The fourth-order valence-electron chi connectivity index (χ4n) is 1.51. The molecule has 1 rings (SSSR count). The fraction of sp³-hybridized carbons (Fsp3) is 0.385. The van der Waals surface area contributed by atoms with Crippen LogP contribution in [0.3, 0.4) is 0 Å². The minimum Gasteiger partial charge on any atom is -0.468 e. The summed E-state index contributed by atoms with van der Waals surface area (Å²) in [5.74, 6) is -0.586. The highest BCUT2D eigenvalue weighted by molar-refractivity contribution is 9.10. The number of likely N-dealkylation sites (N-methyl/N-ethyl adjacent to an activating group) is 1. The van der Waals surface area contributed by atoms with Crippen LogP contribution in [0.5, 0.6) is 0 Å². The molecule has 1 aromatic rings. The van der Waals surface area contributed by atoms with E-state index in [4.69, 9.17) is 0 Å². The Kier molecular flexibility index (Phi) is 5.34. The second-order valence-corrected chi connectivity index (χ2v) is 4.71. The zero-order valence-corrected chi connectivity index (χ0v) is 12.3. The highest BCUT2D eigenvalue weighted by Gasteiger charge is 2.17. The molecule has 0 spiro atoms. The van der Waals surface area contributed by atoms with E-state index >= 15 is 0 Å². The summed E-state index contributed by atoms with van der Waals surface area (Å²) in [7, 11) is 1.31. The van der Waals surface area contributed by atoms with Gasteiger partial charge in [-0.05, 0) is 37.6 Å². The van der Waals surface area contributed by atoms with Crippen LogP contribution in [0.2, 0.25) is 0 Å². The number of amides is 1. The minimum atomic E-state index is -0.418. The molecule has 0 heterocycles. The van der Waals surface area contributed by atoms with E-state index in [1.54, 1.807) is 12.1 Å². The summed E-state index contributed by atoms with van der Waals surface area (Å²) in [6.45, 7) is 4.17. The maximum atomic E-state index is 12.2. The Balaban J connectivity index is 2.89. The van der Waals surface area contributed by atoms with Gasteiger partial charge in [-0.25, -0.2) is 0 Å². The molecule has 0 aromatic heterocycles. The summed E-state index contributed by atoms with van der Waals surface area (Å²) in [6.07, 6.45) is 0. The summed E-state index contributed by atoms with van der Waals surface area (Å²) >= 11 is 3.39. The van der Waals surface area contributed by atoms with Gasteiger partial charge in [0.05, 0.1) is 7.11 Å². The van der Waals surface area contributed by atoms with Gasteiger partial charge in [-0.3, -0.25) is 9.59 Å². The van der Waals surface area contributed by atoms with Gasteiger partial charge in [-0.15, -0.1) is 0 Å². The van der Waals surface area contributed by atoms with E-state index in [2.05, 4.69) is 20.7 Å². The van der Waals surface area contributed by atoms with Crippen LogP contribution in [0.15, 0.2) is 22.7 Å². The maximum absolute atomic E-state index is 12.2. The highest BCUT2D eigenvalue weighted by atomic mass is 79.9. The van der Waals surface area contributed by atoms with Crippen LogP contribution in [0, 0.1) is 6.92 Å². The number of ether oxygens (including phenoxy) is 1. The van der Waals surface area contributed by atoms with E-state index < -0.39 is 5.97 Å². The number of nitrogens with zero attached hydrogens (tertiary/aromatic N) is 1. The predicted molar refractivity (Wildman–Crippen MR) is 72.5 cm³/mol. The quantitative estimate of drug-likeness (QED) is 0.802. The molecule has 0 aliphatic heterocycles. The van der Waals surface area contributed by atoms with Crippen LogP contribution in [-0.2, 0) is 9.53 Å². The molecule has 0 aliphatic rings. The fourth-order valence-corrected chi connectivity index (χ4v) is 1.75. The van der Waals surface area contributed by atoms with Gasteiger partial charge >= 0.3 is 5.97 Å². The molecule has 0 N–H and O–H groups in total. The van der Waals surface area contributed by atoms with E-state index in [1.807, 2.05) is 19.9 Å². The van der Waals surface area contributed by atoms with Crippen molar-refractivity contribution in [3.05, 3.63) is 33.8 Å². The molecule has 0 aliphatic carbocycles. The molecule has 1 amide bonds. The number of methoxy groups -OCH3 is 1. The van der Waals surface area contributed by atoms with Gasteiger partial charge in [-0.2, -0.15) is 0 Å². The average Bonchev–Trinajstić information content (AvgIpc) is 2.38. The Morgan fingerprint density at radius 1 is 1.39 bits per heavy atom. The second kappa shape index (κ2) is 6.54. The minimum absolute atomic E-state index is 0.0268. The first-order valence-corrected chi connectivity index (χ1v) is 6.41. The molecule has 0 atom stereocenters. The van der Waals surface area contributed by atoms with E-state index in [0.29, 0.717) is 12.1 Å². The summed E-state index contributed by atoms with van der Waals surface area (Å²) in [5.41, 5.74) is 1.55. The SMILES string of the molecule is CCN(CC(=O)OC)C(=O)c1ccc(Br)c(C)c1. The molecule has 1 aromatic carbocycles. The van der Waals surface area contributed by atoms with Crippen molar-refractivity contribution in [3.63, 3.8) is 0 Å². The summed E-state index contributed by atoms with van der Waals surface area (Å²) < 4.78 is 5.52. The van der Waals surface area contributed by atoms with Gasteiger partial charge in [-0.1, -0.05) is 15.9 Å². The number of halogens is 1. The van der Waals surface area contributed by atoms with Crippen LogP contribution in [0.25, 0.3) is 0 Å². The van der Waals surface area contributed by atoms with Crippen molar-refractivity contribution >= 4 is 27.8 Å². The number of carbonyl (C=O) groups excluding carboxylic acids is 2. The first kappa shape index (κ1) is 14.7. The lowest BCUT2D eigenvalue weighted by atomic mass is 10.1. The Bertz CT molecular complexity index is 460. The molecule has 0 radical (unpaired) electrons. The molecule has 0 saturated heterocycles. The molecule has 0 fully saturated rings. The number of benzene rings is 1. The molecular weight excluding hydrogens is 298 g/mol. The van der Waals surface area contributed by atoms with Crippen molar-refractivity contribution < 1.29 is 14.3 Å². The van der Waals surface area contributed by atoms with Gasteiger partial charge in [0.25, 0.3) is 5.91 Å². The zero-order chi connectivity index (χ0) is 13.7. The largest absolute Gasteiger partial charge is 0.468 e. The van der Waals surface area contributed by atoms with Gasteiger partial charge < -0.3 is 9.64 Å². The maximum Gasteiger partial charge on any atom is 0.325 e. The van der Waals surface area contributed by atoms with E-state index in [0.717, 1.165) is 10.0 Å². The average molecular weight is 314 g/mol. The van der Waals surface area contributed by atoms with Crippen molar-refractivity contribution in [3.8, 4) is 0 Å². The lowest BCUT2D eigenvalue weighted by Crippen LogP contribution is -2.36. The summed E-state index contributed by atoms with van der Waals surface area (Å²) in [5, 5.41) is 0. The van der Waals surface area contributed by atoms with Gasteiger partial charge in [0.15, 0.2) is 0 Å². The number of aryl methyl sites for hydroxylation is 1. The predicted octanol–water partition coefficient (Wildman–Crippen LogP) is 2.39. The van der Waals surface area contributed by atoms with E-state index in [9.17, 15) is 9.59 Å². The van der Waals surface area contributed by atoms with Crippen LogP contribution < -0.4 is 0 Å². The van der Waals surface area contributed by atoms with E-state index in [-0.39, 0.29) is 12.5 Å². The number of hydrogen-bond acceptors (Lipinski definition) is 3. The third-order valence-corrected chi connectivity index (χ3v) is 3.51. The molecule has 4 nitrogen and oxygen atoms in total. The lowest BCUT2D eigenvalue weighted by Gasteiger charge is -2.19. The standard InChI is InChI=1S/C13H16BrNO3/c1-4-15(8-12(16)18-3)13(17)10-5-6-11(14)9(2)7-10/h5-7H,4,8H2,1-3H3. The molecule has 0 unspecified atom stereocenters. The van der Waals surface area contributed by atoms with Crippen molar-refractivity contribution in [1.82, 2.24) is 4.90 Å². The highest BCUT2D eigenvalue weighted by Crippen LogP contribution is 2.18. The molecule has 0 bridgehead atoms. The first-order chi connectivity index (χ1) is 8.49. The van der Waals surface area contributed by atoms with E-state index in [1.165, 1.54) is 12.0 Å². The Labute approximate surface area is 115 Å². The van der Waals surface area contributed by atoms with Crippen molar-refractivity contribution in [2.45, 2.75) is 13.8 Å². The lowest BCUT2D eigenvalue weighted by molar-refractivity contribution is -0.141.